The van der Waals surface area contributed by atoms with Crippen LogP contribution in [0.5, 0.6) is 0 Å². The van der Waals surface area contributed by atoms with Crippen molar-refractivity contribution in [2.24, 2.45) is 10.2 Å². The first-order valence-corrected chi connectivity index (χ1v) is 9.35. The minimum Gasteiger partial charge on any atom is -0.332 e. The van der Waals surface area contributed by atoms with E-state index < -0.39 is 5.66 Å². The Kier molecular flexibility index (Phi) is 4.71. The van der Waals surface area contributed by atoms with E-state index >= 15 is 0 Å². The van der Waals surface area contributed by atoms with Gasteiger partial charge in [-0.25, -0.2) is 4.98 Å². The molecule has 1 N–H and O–H groups in total. The lowest BCUT2D eigenvalue weighted by Gasteiger charge is -2.23. The maximum atomic E-state index is 12.8. The Morgan fingerprint density at radius 2 is 2.11 bits per heavy atom. The van der Waals surface area contributed by atoms with Gasteiger partial charge in [0.05, 0.1) is 6.04 Å². The molecule has 0 bridgehead atoms. The molecule has 1 atom stereocenters. The van der Waals surface area contributed by atoms with Gasteiger partial charge in [-0.1, -0.05) is 30.3 Å². The van der Waals surface area contributed by atoms with Crippen LogP contribution >= 0.6 is 0 Å². The van der Waals surface area contributed by atoms with E-state index in [1.165, 1.54) is 0 Å². The molecule has 27 heavy (non-hydrogen) atoms. The lowest BCUT2D eigenvalue weighted by atomic mass is 10.0. The topological polar surface area (TPSA) is 86.6 Å². The van der Waals surface area contributed by atoms with Crippen molar-refractivity contribution < 1.29 is 4.79 Å². The zero-order chi connectivity index (χ0) is 18.7. The number of hydrogen-bond acceptors (Lipinski definition) is 5. The second-order valence-corrected chi connectivity index (χ2v) is 7.04. The number of terminal acetylenes is 1. The molecular formula is C20H22N6O. The van der Waals surface area contributed by atoms with Crippen molar-refractivity contribution in [3.63, 3.8) is 0 Å². The van der Waals surface area contributed by atoms with Crippen molar-refractivity contribution in [1.82, 2.24) is 20.1 Å². The molecule has 3 heterocycles. The van der Waals surface area contributed by atoms with Gasteiger partial charge in [0.15, 0.2) is 11.5 Å². The molecule has 2 aromatic rings. The molecule has 1 aromatic carbocycles. The number of nitrogens with zero attached hydrogens (tertiary/aromatic N) is 5. The van der Waals surface area contributed by atoms with Crippen molar-refractivity contribution in [3.8, 4) is 23.7 Å². The Hall–Kier alpha value is -3.01. The predicted octanol–water partition coefficient (Wildman–Crippen LogP) is 3.49. The van der Waals surface area contributed by atoms with E-state index in [-0.39, 0.29) is 11.9 Å². The number of carbonyl (C=O) groups excluding carboxylic acids is 1. The molecule has 0 saturated carbocycles. The van der Waals surface area contributed by atoms with Crippen molar-refractivity contribution in [2.75, 3.05) is 6.54 Å². The second-order valence-electron chi connectivity index (χ2n) is 7.04. The first kappa shape index (κ1) is 17.4. The molecule has 0 radical (unpaired) electrons. The normalized spacial score (nSPS) is 19.8. The minimum atomic E-state index is -0.413. The van der Waals surface area contributed by atoms with Crippen LogP contribution in [0.3, 0.4) is 0 Å². The Morgan fingerprint density at radius 3 is 2.85 bits per heavy atom. The number of rotatable bonds is 7. The number of amides is 1. The highest BCUT2D eigenvalue weighted by molar-refractivity contribution is 5.77. The molecule has 1 unspecified atom stereocenters. The molecule has 1 aromatic heterocycles. The summed E-state index contributed by atoms with van der Waals surface area (Å²) < 4.78 is 0. The summed E-state index contributed by atoms with van der Waals surface area (Å²) in [6, 6.07) is 9.79. The fourth-order valence-corrected chi connectivity index (χ4v) is 3.61. The van der Waals surface area contributed by atoms with E-state index in [1.54, 1.807) is 0 Å². The first-order chi connectivity index (χ1) is 13.2. The third kappa shape index (κ3) is 3.75. The van der Waals surface area contributed by atoms with Crippen LogP contribution in [0.2, 0.25) is 0 Å². The summed E-state index contributed by atoms with van der Waals surface area (Å²) in [5.74, 6) is 4.15. The van der Waals surface area contributed by atoms with Crippen LogP contribution in [0, 0.1) is 12.3 Å². The standard InChI is InChI=1S/C20H22N6O/c1-2-3-12-20(24-25-20)13-11-17(27)26-14-7-10-16(26)19-21-18(22-23-19)15-8-5-4-6-9-15/h1,4-6,8-9,16H,3,7,10-14H2,(H,21,22,23). The van der Waals surface area contributed by atoms with Crippen LogP contribution in [0.15, 0.2) is 40.6 Å². The fourth-order valence-electron chi connectivity index (χ4n) is 3.61. The third-order valence-corrected chi connectivity index (χ3v) is 5.22. The SMILES string of the molecule is C#CCCC1(CCC(=O)N2CCCC2c2nc(-c3ccccc3)n[nH]2)N=N1. The van der Waals surface area contributed by atoms with Gasteiger partial charge in [-0.2, -0.15) is 15.3 Å². The quantitative estimate of drug-likeness (QED) is 0.765. The number of carbonyl (C=O) groups is 1. The van der Waals surface area contributed by atoms with Crippen LogP contribution in [-0.2, 0) is 4.79 Å². The summed E-state index contributed by atoms with van der Waals surface area (Å²) >= 11 is 0. The molecule has 1 fully saturated rings. The van der Waals surface area contributed by atoms with Gasteiger partial charge >= 0.3 is 0 Å². The molecule has 7 heteroatoms. The number of likely N-dealkylation sites (tertiary alicyclic amines) is 1. The van der Waals surface area contributed by atoms with Crippen LogP contribution in [0.25, 0.3) is 11.4 Å². The summed E-state index contributed by atoms with van der Waals surface area (Å²) in [6.45, 7) is 0.747. The lowest BCUT2D eigenvalue weighted by molar-refractivity contribution is -0.132. The highest BCUT2D eigenvalue weighted by Crippen LogP contribution is 2.39. The van der Waals surface area contributed by atoms with Crippen LogP contribution in [0.4, 0.5) is 0 Å². The zero-order valence-corrected chi connectivity index (χ0v) is 15.1. The number of nitrogens with one attached hydrogen (secondary N) is 1. The first-order valence-electron chi connectivity index (χ1n) is 9.35. The fraction of sp³-hybridized carbons (Fsp3) is 0.450. The maximum absolute atomic E-state index is 12.8. The van der Waals surface area contributed by atoms with Crippen LogP contribution in [0.1, 0.15) is 50.4 Å². The highest BCUT2D eigenvalue weighted by Gasteiger charge is 2.40. The average molecular weight is 362 g/mol. The third-order valence-electron chi connectivity index (χ3n) is 5.22. The largest absolute Gasteiger partial charge is 0.332 e. The summed E-state index contributed by atoms with van der Waals surface area (Å²) in [4.78, 5) is 19.3. The van der Waals surface area contributed by atoms with Gasteiger partial charge in [0, 0.05) is 37.8 Å². The molecule has 4 rings (SSSR count). The van der Waals surface area contributed by atoms with Gasteiger partial charge < -0.3 is 4.90 Å². The van der Waals surface area contributed by atoms with Crippen molar-refractivity contribution in [3.05, 3.63) is 36.2 Å². The maximum Gasteiger partial charge on any atom is 0.223 e. The van der Waals surface area contributed by atoms with E-state index in [0.29, 0.717) is 25.1 Å². The summed E-state index contributed by atoms with van der Waals surface area (Å²) in [5.41, 5.74) is 0.549. The van der Waals surface area contributed by atoms with Crippen LogP contribution < -0.4 is 0 Å². The van der Waals surface area contributed by atoms with Gasteiger partial charge in [-0.3, -0.25) is 9.89 Å². The molecule has 2 aliphatic rings. The Bertz CT molecular complexity index is 875. The molecule has 0 aliphatic carbocycles. The predicted molar refractivity (Wildman–Crippen MR) is 100 cm³/mol. The Balaban J connectivity index is 1.40. The molecule has 0 spiro atoms. The van der Waals surface area contributed by atoms with Crippen LogP contribution in [-0.4, -0.2) is 38.2 Å². The van der Waals surface area contributed by atoms with E-state index in [2.05, 4.69) is 31.3 Å². The zero-order valence-electron chi connectivity index (χ0n) is 15.1. The van der Waals surface area contributed by atoms with E-state index in [9.17, 15) is 4.79 Å². The highest BCUT2D eigenvalue weighted by atomic mass is 16.2. The molecule has 138 valence electrons. The Morgan fingerprint density at radius 1 is 1.30 bits per heavy atom. The van der Waals surface area contributed by atoms with Gasteiger partial charge in [-0.15, -0.1) is 12.3 Å². The number of aromatic amines is 1. The molecule has 2 aliphatic heterocycles. The smallest absolute Gasteiger partial charge is 0.223 e. The Labute approximate surface area is 158 Å². The van der Waals surface area contributed by atoms with Crippen molar-refractivity contribution in [2.45, 2.75) is 50.2 Å². The van der Waals surface area contributed by atoms with Gasteiger partial charge in [0.25, 0.3) is 0 Å². The molecule has 7 nitrogen and oxygen atoms in total. The van der Waals surface area contributed by atoms with Gasteiger partial charge in [0.2, 0.25) is 5.91 Å². The van der Waals surface area contributed by atoms with E-state index in [4.69, 9.17) is 6.42 Å². The number of H-pyrrole nitrogens is 1. The van der Waals surface area contributed by atoms with Crippen molar-refractivity contribution in [1.29, 1.82) is 0 Å². The van der Waals surface area contributed by atoms with E-state index in [1.807, 2.05) is 35.2 Å². The van der Waals surface area contributed by atoms with E-state index in [0.717, 1.165) is 37.2 Å². The molecule has 1 amide bonds. The summed E-state index contributed by atoms with van der Waals surface area (Å²) in [5, 5.41) is 15.6. The minimum absolute atomic E-state index is 0.0443. The van der Waals surface area contributed by atoms with Crippen molar-refractivity contribution >= 4 is 5.91 Å². The monoisotopic (exact) mass is 362 g/mol. The second kappa shape index (κ2) is 7.31. The number of hydrogen-bond donors (Lipinski definition) is 1. The van der Waals surface area contributed by atoms with Gasteiger partial charge in [0.1, 0.15) is 5.82 Å². The summed E-state index contributed by atoms with van der Waals surface area (Å²) in [7, 11) is 0. The number of aromatic nitrogens is 3. The average Bonchev–Trinajstić information content (AvgIpc) is 3.11. The summed E-state index contributed by atoms with van der Waals surface area (Å²) in [6.07, 6.45) is 9.59. The molecule has 1 saturated heterocycles. The number of benzene rings is 1. The lowest BCUT2D eigenvalue weighted by Crippen LogP contribution is -2.32. The molecular weight excluding hydrogens is 340 g/mol. The van der Waals surface area contributed by atoms with Gasteiger partial charge in [-0.05, 0) is 12.8 Å².